The summed E-state index contributed by atoms with van der Waals surface area (Å²) in [5.41, 5.74) is 3.39. The summed E-state index contributed by atoms with van der Waals surface area (Å²) in [6.07, 6.45) is 0. The molecule has 0 aliphatic rings. The molecule has 5 nitrogen and oxygen atoms in total. The molecule has 2 heterocycles. The predicted octanol–water partition coefficient (Wildman–Crippen LogP) is 4.78. The van der Waals surface area contributed by atoms with Gasteiger partial charge in [0, 0.05) is 5.56 Å². The molecular weight excluding hydrogens is 364 g/mol. The van der Waals surface area contributed by atoms with Crippen molar-refractivity contribution in [2.45, 2.75) is 20.5 Å². The molecule has 0 aliphatic heterocycles. The van der Waals surface area contributed by atoms with Gasteiger partial charge in [-0.05, 0) is 49.3 Å². The van der Waals surface area contributed by atoms with Gasteiger partial charge in [-0.3, -0.25) is 0 Å². The summed E-state index contributed by atoms with van der Waals surface area (Å²) in [4.78, 5) is 9.44. The monoisotopic (exact) mass is 380 g/mol. The van der Waals surface area contributed by atoms with Crippen LogP contribution in [0.3, 0.4) is 0 Å². The van der Waals surface area contributed by atoms with Gasteiger partial charge in [0.1, 0.15) is 12.4 Å². The second-order valence-electron chi connectivity index (χ2n) is 5.92. The summed E-state index contributed by atoms with van der Waals surface area (Å²) >= 11 is 6.67. The molecule has 0 saturated carbocycles. The van der Waals surface area contributed by atoms with E-state index in [0.717, 1.165) is 16.3 Å². The lowest BCUT2D eigenvalue weighted by Gasteiger charge is -2.06. The standard InChI is InChI=1S/C19H16N4OS2/c1-12-8-9-15(10-13(12)2)24-11-16-22-23-17(14-6-4-3-5-7-14)20-18(25)21-19(23)26-16/h3-10H,11H2,1-2H3. The molecule has 0 N–H and O–H groups in total. The first-order valence-electron chi connectivity index (χ1n) is 8.12. The number of ether oxygens (including phenoxy) is 1. The summed E-state index contributed by atoms with van der Waals surface area (Å²) in [6, 6.07) is 15.9. The normalized spacial score (nSPS) is 11.0. The third-order valence-electron chi connectivity index (χ3n) is 4.07. The van der Waals surface area contributed by atoms with Gasteiger partial charge in [0.05, 0.1) is 0 Å². The highest BCUT2D eigenvalue weighted by molar-refractivity contribution is 7.71. The maximum Gasteiger partial charge on any atom is 0.223 e. The Balaban J connectivity index is 1.67. The highest BCUT2D eigenvalue weighted by Crippen LogP contribution is 2.23. The first kappa shape index (κ1) is 16.8. The van der Waals surface area contributed by atoms with E-state index in [1.54, 1.807) is 4.52 Å². The molecule has 0 fully saturated rings. The predicted molar refractivity (Wildman–Crippen MR) is 105 cm³/mol. The van der Waals surface area contributed by atoms with Gasteiger partial charge in [0.15, 0.2) is 10.8 Å². The lowest BCUT2D eigenvalue weighted by atomic mass is 10.1. The summed E-state index contributed by atoms with van der Waals surface area (Å²) in [6.45, 7) is 4.53. The number of fused-ring (bicyclic) bond motifs is 1. The Labute approximate surface area is 160 Å². The third kappa shape index (κ3) is 3.36. The quantitative estimate of drug-likeness (QED) is 0.477. The average Bonchev–Trinajstić information content (AvgIpc) is 3.05. The van der Waals surface area contributed by atoms with Crippen molar-refractivity contribution < 1.29 is 4.74 Å². The number of hydrogen-bond donors (Lipinski definition) is 0. The molecule has 26 heavy (non-hydrogen) atoms. The fourth-order valence-corrected chi connectivity index (χ4v) is 3.59. The van der Waals surface area contributed by atoms with Crippen LogP contribution in [0.2, 0.25) is 0 Å². The van der Waals surface area contributed by atoms with Crippen LogP contribution in [0.1, 0.15) is 16.1 Å². The second-order valence-corrected chi connectivity index (χ2v) is 7.33. The van der Waals surface area contributed by atoms with Crippen LogP contribution in [0.25, 0.3) is 16.3 Å². The molecule has 0 saturated heterocycles. The van der Waals surface area contributed by atoms with Crippen molar-refractivity contribution in [3.8, 4) is 17.1 Å². The van der Waals surface area contributed by atoms with E-state index in [1.165, 1.54) is 22.5 Å². The van der Waals surface area contributed by atoms with Gasteiger partial charge >= 0.3 is 0 Å². The minimum absolute atomic E-state index is 0.314. The van der Waals surface area contributed by atoms with Crippen LogP contribution in [-0.4, -0.2) is 19.6 Å². The van der Waals surface area contributed by atoms with E-state index >= 15 is 0 Å². The maximum atomic E-state index is 5.89. The first-order chi connectivity index (χ1) is 12.6. The zero-order valence-corrected chi connectivity index (χ0v) is 16.0. The van der Waals surface area contributed by atoms with Crippen molar-refractivity contribution >= 4 is 28.5 Å². The molecule has 0 unspecified atom stereocenters. The Morgan fingerprint density at radius 1 is 1.04 bits per heavy atom. The van der Waals surface area contributed by atoms with Crippen LogP contribution >= 0.6 is 23.6 Å². The number of aryl methyl sites for hydroxylation is 2. The fourth-order valence-electron chi connectivity index (χ4n) is 2.56. The van der Waals surface area contributed by atoms with Crippen molar-refractivity contribution in [3.63, 3.8) is 0 Å². The molecule has 2 aromatic carbocycles. The summed E-state index contributed by atoms with van der Waals surface area (Å²) in [5.74, 6) is 1.52. The van der Waals surface area contributed by atoms with Crippen molar-refractivity contribution in [1.82, 2.24) is 19.6 Å². The molecule has 7 heteroatoms. The van der Waals surface area contributed by atoms with Gasteiger partial charge in [0.2, 0.25) is 9.73 Å². The van der Waals surface area contributed by atoms with Crippen LogP contribution in [0.15, 0.2) is 48.5 Å². The first-order valence-corrected chi connectivity index (χ1v) is 9.35. The van der Waals surface area contributed by atoms with Crippen molar-refractivity contribution in [3.05, 3.63) is 69.4 Å². The highest BCUT2D eigenvalue weighted by Gasteiger charge is 2.12. The van der Waals surface area contributed by atoms with Gasteiger partial charge in [-0.15, -0.1) is 0 Å². The maximum absolute atomic E-state index is 5.89. The Morgan fingerprint density at radius 3 is 2.62 bits per heavy atom. The van der Waals surface area contributed by atoms with E-state index in [4.69, 9.17) is 17.0 Å². The zero-order chi connectivity index (χ0) is 18.1. The van der Waals surface area contributed by atoms with Crippen LogP contribution in [-0.2, 0) is 6.61 Å². The second kappa shape index (κ2) is 6.93. The Kier molecular flexibility index (Phi) is 4.48. The number of nitrogens with zero attached hydrogens (tertiary/aromatic N) is 4. The van der Waals surface area contributed by atoms with Crippen LogP contribution in [0, 0.1) is 18.6 Å². The third-order valence-corrected chi connectivity index (χ3v) is 5.13. The largest absolute Gasteiger partial charge is 0.486 e. The van der Waals surface area contributed by atoms with E-state index in [1.807, 2.05) is 42.5 Å². The van der Waals surface area contributed by atoms with E-state index in [0.29, 0.717) is 22.2 Å². The van der Waals surface area contributed by atoms with Crippen LogP contribution < -0.4 is 4.74 Å². The van der Waals surface area contributed by atoms with Gasteiger partial charge in [-0.2, -0.15) is 19.6 Å². The molecule has 0 aliphatic carbocycles. The van der Waals surface area contributed by atoms with E-state index < -0.39 is 0 Å². The molecule has 130 valence electrons. The number of benzene rings is 2. The highest BCUT2D eigenvalue weighted by atomic mass is 32.1. The van der Waals surface area contributed by atoms with Gasteiger partial charge < -0.3 is 4.74 Å². The van der Waals surface area contributed by atoms with Crippen molar-refractivity contribution in [2.24, 2.45) is 0 Å². The summed E-state index contributed by atoms with van der Waals surface area (Å²) in [5, 5.41) is 5.44. The molecule has 4 rings (SSSR count). The van der Waals surface area contributed by atoms with Gasteiger partial charge in [0.25, 0.3) is 0 Å². The summed E-state index contributed by atoms with van der Waals surface area (Å²) < 4.78 is 7.94. The van der Waals surface area contributed by atoms with E-state index in [-0.39, 0.29) is 0 Å². The molecule has 4 aromatic rings. The van der Waals surface area contributed by atoms with Gasteiger partial charge in [-0.25, -0.2) is 0 Å². The Hall–Kier alpha value is -2.64. The average molecular weight is 380 g/mol. The lowest BCUT2D eigenvalue weighted by Crippen LogP contribution is -2.01. The van der Waals surface area contributed by atoms with E-state index in [9.17, 15) is 0 Å². The Morgan fingerprint density at radius 2 is 1.85 bits per heavy atom. The Bertz CT molecular complexity index is 1140. The minimum atomic E-state index is 0.314. The molecule has 0 amide bonds. The van der Waals surface area contributed by atoms with Crippen molar-refractivity contribution in [1.29, 1.82) is 0 Å². The summed E-state index contributed by atoms with van der Waals surface area (Å²) in [7, 11) is 0. The number of aromatic nitrogens is 4. The molecular formula is C19H16N4OS2. The van der Waals surface area contributed by atoms with Crippen molar-refractivity contribution in [2.75, 3.05) is 0 Å². The minimum Gasteiger partial charge on any atom is -0.486 e. The molecule has 0 radical (unpaired) electrons. The molecule has 2 aromatic heterocycles. The van der Waals surface area contributed by atoms with Crippen LogP contribution in [0.5, 0.6) is 5.75 Å². The SMILES string of the molecule is Cc1ccc(OCc2nn3c(-c4ccccc4)nc(=S)nc3s2)cc1C. The number of rotatable bonds is 4. The molecule has 0 bridgehead atoms. The molecule has 0 spiro atoms. The molecule has 0 atom stereocenters. The fraction of sp³-hybridized carbons (Fsp3) is 0.158. The lowest BCUT2D eigenvalue weighted by molar-refractivity contribution is 0.304. The number of hydrogen-bond acceptors (Lipinski definition) is 6. The topological polar surface area (TPSA) is 52.3 Å². The smallest absolute Gasteiger partial charge is 0.223 e. The van der Waals surface area contributed by atoms with Crippen LogP contribution in [0.4, 0.5) is 0 Å². The van der Waals surface area contributed by atoms with Gasteiger partial charge in [-0.1, -0.05) is 47.7 Å². The van der Waals surface area contributed by atoms with E-state index in [2.05, 4.69) is 35.0 Å². The zero-order valence-electron chi connectivity index (χ0n) is 14.3.